The van der Waals surface area contributed by atoms with E-state index in [4.69, 9.17) is 9.15 Å². The molecule has 0 atom stereocenters. The summed E-state index contributed by atoms with van der Waals surface area (Å²) in [5, 5.41) is 0. The number of furan rings is 1. The monoisotopic (exact) mass is 250 g/mol. The summed E-state index contributed by atoms with van der Waals surface area (Å²) in [6.45, 7) is 2.58. The number of rotatable bonds is 5. The van der Waals surface area contributed by atoms with Crippen molar-refractivity contribution in [1.82, 2.24) is 0 Å². The third-order valence-electron chi connectivity index (χ3n) is 3.59. The first kappa shape index (κ1) is 13.2. The van der Waals surface area contributed by atoms with Crippen LogP contribution in [0.2, 0.25) is 0 Å². The molecule has 3 nitrogen and oxygen atoms in total. The average Bonchev–Trinajstić information content (AvgIpc) is 2.89. The molecule has 0 spiro atoms. The van der Waals surface area contributed by atoms with Gasteiger partial charge in [0, 0.05) is 5.92 Å². The summed E-state index contributed by atoms with van der Waals surface area (Å²) in [5.41, 5.74) is 0.562. The predicted molar refractivity (Wildman–Crippen MR) is 69.7 cm³/mol. The highest BCUT2D eigenvalue weighted by atomic mass is 16.5. The lowest BCUT2D eigenvalue weighted by Crippen LogP contribution is -2.06. The summed E-state index contributed by atoms with van der Waals surface area (Å²) in [7, 11) is 0. The largest absolute Gasteiger partial charge is 0.468 e. The Balaban J connectivity index is 1.90. The van der Waals surface area contributed by atoms with Crippen LogP contribution in [-0.4, -0.2) is 12.6 Å². The summed E-state index contributed by atoms with van der Waals surface area (Å²) in [4.78, 5) is 11.7. The molecule has 3 heteroatoms. The van der Waals surface area contributed by atoms with E-state index in [9.17, 15) is 4.79 Å². The van der Waals surface area contributed by atoms with Gasteiger partial charge in [-0.25, -0.2) is 4.79 Å². The SMILES string of the molecule is CCCCOC(=O)c1coc(C2CCCCC2)c1. The second-order valence-corrected chi connectivity index (χ2v) is 5.06. The summed E-state index contributed by atoms with van der Waals surface area (Å²) < 4.78 is 10.7. The quantitative estimate of drug-likeness (QED) is 0.578. The lowest BCUT2D eigenvalue weighted by molar-refractivity contribution is 0.0499. The zero-order valence-electron chi connectivity index (χ0n) is 11.1. The topological polar surface area (TPSA) is 39.4 Å². The van der Waals surface area contributed by atoms with Crippen LogP contribution in [0.5, 0.6) is 0 Å². The fourth-order valence-electron chi connectivity index (χ4n) is 2.45. The van der Waals surface area contributed by atoms with Crippen LogP contribution in [0.15, 0.2) is 16.7 Å². The van der Waals surface area contributed by atoms with E-state index in [1.54, 1.807) is 0 Å². The summed E-state index contributed by atoms with van der Waals surface area (Å²) in [5.74, 6) is 1.20. The summed E-state index contributed by atoms with van der Waals surface area (Å²) in [6.07, 6.45) is 9.70. The highest BCUT2D eigenvalue weighted by Crippen LogP contribution is 2.33. The Morgan fingerprint density at radius 3 is 2.89 bits per heavy atom. The van der Waals surface area contributed by atoms with Gasteiger partial charge in [-0.05, 0) is 25.3 Å². The molecular formula is C15H22O3. The standard InChI is InChI=1S/C15H22O3/c1-2-3-9-17-15(16)13-10-14(18-11-13)12-7-5-4-6-8-12/h10-12H,2-9H2,1H3. The van der Waals surface area contributed by atoms with Crippen LogP contribution in [0.1, 0.15) is 73.9 Å². The van der Waals surface area contributed by atoms with E-state index in [2.05, 4.69) is 6.92 Å². The molecular weight excluding hydrogens is 228 g/mol. The van der Waals surface area contributed by atoms with Crippen molar-refractivity contribution in [2.45, 2.75) is 57.8 Å². The van der Waals surface area contributed by atoms with Crippen molar-refractivity contribution in [3.8, 4) is 0 Å². The molecule has 2 rings (SSSR count). The molecule has 1 aliphatic carbocycles. The average molecular weight is 250 g/mol. The van der Waals surface area contributed by atoms with Gasteiger partial charge in [0.25, 0.3) is 0 Å². The van der Waals surface area contributed by atoms with Gasteiger partial charge >= 0.3 is 5.97 Å². The molecule has 1 aromatic heterocycles. The van der Waals surface area contributed by atoms with Crippen molar-refractivity contribution in [2.24, 2.45) is 0 Å². The first-order valence-corrected chi connectivity index (χ1v) is 7.07. The van der Waals surface area contributed by atoms with Crippen molar-refractivity contribution in [3.05, 3.63) is 23.7 Å². The molecule has 1 fully saturated rings. The third kappa shape index (κ3) is 3.37. The summed E-state index contributed by atoms with van der Waals surface area (Å²) >= 11 is 0. The van der Waals surface area contributed by atoms with Crippen LogP contribution in [0.3, 0.4) is 0 Å². The fourth-order valence-corrected chi connectivity index (χ4v) is 2.45. The Bertz CT molecular complexity index is 375. The van der Waals surface area contributed by atoms with Gasteiger partial charge < -0.3 is 9.15 Å². The summed E-state index contributed by atoms with van der Waals surface area (Å²) in [6, 6.07) is 1.87. The van der Waals surface area contributed by atoms with E-state index in [0.29, 0.717) is 18.1 Å². The Morgan fingerprint density at radius 2 is 2.17 bits per heavy atom. The first-order chi connectivity index (χ1) is 8.81. The predicted octanol–water partition coefficient (Wildman–Crippen LogP) is 4.28. The molecule has 0 bridgehead atoms. The van der Waals surface area contributed by atoms with E-state index >= 15 is 0 Å². The molecule has 1 aliphatic rings. The van der Waals surface area contributed by atoms with Crippen molar-refractivity contribution < 1.29 is 13.9 Å². The zero-order chi connectivity index (χ0) is 12.8. The Kier molecular flexibility index (Phi) is 4.85. The lowest BCUT2D eigenvalue weighted by Gasteiger charge is -2.18. The van der Waals surface area contributed by atoms with Gasteiger partial charge in [0.1, 0.15) is 12.0 Å². The molecule has 0 aliphatic heterocycles. The van der Waals surface area contributed by atoms with E-state index in [1.807, 2.05) is 6.07 Å². The van der Waals surface area contributed by atoms with Gasteiger partial charge in [0.15, 0.2) is 0 Å². The zero-order valence-corrected chi connectivity index (χ0v) is 11.1. The minimum Gasteiger partial charge on any atom is -0.468 e. The second-order valence-electron chi connectivity index (χ2n) is 5.06. The number of hydrogen-bond donors (Lipinski definition) is 0. The van der Waals surface area contributed by atoms with Gasteiger partial charge in [-0.2, -0.15) is 0 Å². The van der Waals surface area contributed by atoms with Crippen LogP contribution >= 0.6 is 0 Å². The van der Waals surface area contributed by atoms with Crippen LogP contribution in [0.25, 0.3) is 0 Å². The molecule has 0 unspecified atom stereocenters. The molecule has 18 heavy (non-hydrogen) atoms. The maximum absolute atomic E-state index is 11.7. The number of carbonyl (C=O) groups is 1. The molecule has 0 aromatic carbocycles. The van der Waals surface area contributed by atoms with Gasteiger partial charge in [-0.1, -0.05) is 32.6 Å². The van der Waals surface area contributed by atoms with Crippen LogP contribution in [0.4, 0.5) is 0 Å². The highest BCUT2D eigenvalue weighted by Gasteiger charge is 2.20. The van der Waals surface area contributed by atoms with E-state index in [0.717, 1.165) is 18.6 Å². The molecule has 1 heterocycles. The van der Waals surface area contributed by atoms with Gasteiger partial charge in [-0.15, -0.1) is 0 Å². The van der Waals surface area contributed by atoms with Crippen LogP contribution in [-0.2, 0) is 4.74 Å². The minimum atomic E-state index is -0.255. The molecule has 1 aromatic rings. The number of unbranched alkanes of at least 4 members (excludes halogenated alkanes) is 1. The van der Waals surface area contributed by atoms with Crippen molar-refractivity contribution >= 4 is 5.97 Å². The van der Waals surface area contributed by atoms with E-state index < -0.39 is 0 Å². The van der Waals surface area contributed by atoms with Crippen molar-refractivity contribution in [3.63, 3.8) is 0 Å². The maximum atomic E-state index is 11.7. The second kappa shape index (κ2) is 6.62. The number of carbonyl (C=O) groups excluding carboxylic acids is 1. The van der Waals surface area contributed by atoms with Crippen LogP contribution in [0, 0.1) is 0 Å². The minimum absolute atomic E-state index is 0.255. The molecule has 0 radical (unpaired) electrons. The lowest BCUT2D eigenvalue weighted by atomic mass is 9.87. The number of ether oxygens (including phenoxy) is 1. The number of esters is 1. The van der Waals surface area contributed by atoms with Crippen molar-refractivity contribution in [1.29, 1.82) is 0 Å². The maximum Gasteiger partial charge on any atom is 0.341 e. The van der Waals surface area contributed by atoms with Crippen LogP contribution < -0.4 is 0 Å². The van der Waals surface area contributed by atoms with Gasteiger partial charge in [0.2, 0.25) is 0 Å². The highest BCUT2D eigenvalue weighted by molar-refractivity contribution is 5.89. The fraction of sp³-hybridized carbons (Fsp3) is 0.667. The molecule has 100 valence electrons. The smallest absolute Gasteiger partial charge is 0.341 e. The molecule has 0 amide bonds. The molecule has 0 N–H and O–H groups in total. The van der Waals surface area contributed by atoms with E-state index in [1.165, 1.54) is 38.4 Å². The molecule has 0 saturated heterocycles. The number of hydrogen-bond acceptors (Lipinski definition) is 3. The Hall–Kier alpha value is -1.25. The van der Waals surface area contributed by atoms with Gasteiger partial charge in [-0.3, -0.25) is 0 Å². The third-order valence-corrected chi connectivity index (χ3v) is 3.59. The first-order valence-electron chi connectivity index (χ1n) is 7.07. The molecule has 1 saturated carbocycles. The van der Waals surface area contributed by atoms with Gasteiger partial charge in [0.05, 0.1) is 12.2 Å². The van der Waals surface area contributed by atoms with Crippen molar-refractivity contribution in [2.75, 3.05) is 6.61 Å². The Labute approximate surface area is 109 Å². The van der Waals surface area contributed by atoms with E-state index in [-0.39, 0.29) is 5.97 Å². The Morgan fingerprint density at radius 1 is 1.39 bits per heavy atom. The normalized spacial score (nSPS) is 16.7.